The minimum atomic E-state index is -0.678. The molecule has 33 heavy (non-hydrogen) atoms. The van der Waals surface area contributed by atoms with E-state index < -0.39 is 11.9 Å². The number of ether oxygens (including phenoxy) is 1. The number of hydrogen-bond acceptors (Lipinski definition) is 9. The number of nitrogens with one attached hydrogen (secondary N) is 1. The molecular formula is C21H24N6O4S2. The molecule has 0 aliphatic rings. The second-order valence-corrected chi connectivity index (χ2v) is 9.23. The Morgan fingerprint density at radius 2 is 2.00 bits per heavy atom. The maximum absolute atomic E-state index is 12.6. The predicted octanol–water partition coefficient (Wildman–Crippen LogP) is 2.53. The van der Waals surface area contributed by atoms with E-state index >= 15 is 0 Å². The fourth-order valence-corrected chi connectivity index (χ4v) is 4.87. The molecule has 0 bridgehead atoms. The van der Waals surface area contributed by atoms with Crippen LogP contribution in [0.1, 0.15) is 25.6 Å². The van der Waals surface area contributed by atoms with Gasteiger partial charge in [0.1, 0.15) is 5.00 Å². The summed E-state index contributed by atoms with van der Waals surface area (Å²) in [5.74, 6) is -1.01. The Morgan fingerprint density at radius 3 is 2.64 bits per heavy atom. The van der Waals surface area contributed by atoms with Crippen molar-refractivity contribution in [2.75, 3.05) is 37.2 Å². The van der Waals surface area contributed by atoms with Gasteiger partial charge in [0.25, 0.3) is 5.91 Å². The van der Waals surface area contributed by atoms with E-state index in [1.807, 2.05) is 54.9 Å². The van der Waals surface area contributed by atoms with Crippen molar-refractivity contribution in [1.82, 2.24) is 14.8 Å². The molecule has 1 aromatic carbocycles. The van der Waals surface area contributed by atoms with Gasteiger partial charge in [0.2, 0.25) is 5.91 Å². The number of rotatable bonds is 8. The monoisotopic (exact) mass is 488 g/mol. The Balaban J connectivity index is 1.74. The number of anilines is 2. The average molecular weight is 489 g/mol. The number of carbonyl (C=O) groups is 3. The summed E-state index contributed by atoms with van der Waals surface area (Å²) in [4.78, 5) is 38.6. The molecule has 3 aromatic rings. The number of primary amides is 1. The molecule has 2 aromatic heterocycles. The Kier molecular flexibility index (Phi) is 7.39. The minimum absolute atomic E-state index is 0.0210. The van der Waals surface area contributed by atoms with Gasteiger partial charge in [-0.05, 0) is 24.6 Å². The van der Waals surface area contributed by atoms with Crippen LogP contribution in [0.4, 0.5) is 10.7 Å². The number of hydrogen-bond donors (Lipinski definition) is 2. The predicted molar refractivity (Wildman–Crippen MR) is 129 cm³/mol. The van der Waals surface area contributed by atoms with Gasteiger partial charge < -0.3 is 25.3 Å². The molecule has 12 heteroatoms. The number of esters is 1. The number of methoxy groups -OCH3 is 1. The van der Waals surface area contributed by atoms with Crippen molar-refractivity contribution in [3.63, 3.8) is 0 Å². The van der Waals surface area contributed by atoms with Gasteiger partial charge in [-0.1, -0.05) is 23.9 Å². The molecule has 0 saturated carbocycles. The minimum Gasteiger partial charge on any atom is -0.465 e. The summed E-state index contributed by atoms with van der Waals surface area (Å²) in [5.41, 5.74) is 7.82. The molecule has 10 nitrogen and oxygen atoms in total. The van der Waals surface area contributed by atoms with Gasteiger partial charge in [0, 0.05) is 32.4 Å². The van der Waals surface area contributed by atoms with Crippen LogP contribution < -0.4 is 16.0 Å². The highest BCUT2D eigenvalue weighted by atomic mass is 32.2. The summed E-state index contributed by atoms with van der Waals surface area (Å²) < 4.78 is 6.59. The van der Waals surface area contributed by atoms with Gasteiger partial charge in [-0.15, -0.1) is 21.5 Å². The number of amides is 2. The van der Waals surface area contributed by atoms with Crippen LogP contribution in [0.25, 0.3) is 11.4 Å². The van der Waals surface area contributed by atoms with Crippen LogP contribution in [0.15, 0.2) is 29.4 Å². The lowest BCUT2D eigenvalue weighted by Crippen LogP contribution is -2.16. The molecule has 0 atom stereocenters. The van der Waals surface area contributed by atoms with E-state index in [0.717, 1.165) is 22.6 Å². The largest absolute Gasteiger partial charge is 0.465 e. The van der Waals surface area contributed by atoms with Crippen molar-refractivity contribution in [2.24, 2.45) is 12.8 Å². The second-order valence-electron chi connectivity index (χ2n) is 7.26. The molecule has 0 unspecified atom stereocenters. The Bertz CT molecular complexity index is 1220. The summed E-state index contributed by atoms with van der Waals surface area (Å²) >= 11 is 2.14. The zero-order valence-electron chi connectivity index (χ0n) is 18.8. The quantitative estimate of drug-likeness (QED) is 0.365. The van der Waals surface area contributed by atoms with Crippen molar-refractivity contribution in [2.45, 2.75) is 12.1 Å². The first kappa shape index (κ1) is 24.3. The van der Waals surface area contributed by atoms with Crippen LogP contribution >= 0.6 is 23.1 Å². The number of nitrogens with zero attached hydrogens (tertiary/aromatic N) is 4. The molecule has 0 spiro atoms. The molecule has 3 rings (SSSR count). The molecule has 2 heterocycles. The highest BCUT2D eigenvalue weighted by Gasteiger charge is 2.25. The first-order chi connectivity index (χ1) is 15.6. The van der Waals surface area contributed by atoms with Crippen LogP contribution in [0.5, 0.6) is 0 Å². The van der Waals surface area contributed by atoms with Crippen LogP contribution in [-0.2, 0) is 16.6 Å². The van der Waals surface area contributed by atoms with Crippen molar-refractivity contribution in [1.29, 1.82) is 0 Å². The molecule has 0 saturated heterocycles. The van der Waals surface area contributed by atoms with Gasteiger partial charge in [0.05, 0.1) is 23.3 Å². The number of aromatic nitrogens is 3. The van der Waals surface area contributed by atoms with Crippen LogP contribution in [-0.4, -0.2) is 59.5 Å². The van der Waals surface area contributed by atoms with Gasteiger partial charge in [0.15, 0.2) is 11.0 Å². The van der Waals surface area contributed by atoms with Crippen molar-refractivity contribution in [3.05, 3.63) is 40.3 Å². The maximum atomic E-state index is 12.6. The zero-order valence-corrected chi connectivity index (χ0v) is 20.5. The smallest absolute Gasteiger partial charge is 0.341 e. The van der Waals surface area contributed by atoms with Gasteiger partial charge in [-0.3, -0.25) is 9.59 Å². The number of carbonyl (C=O) groups excluding carboxylic acids is 3. The van der Waals surface area contributed by atoms with Crippen LogP contribution in [0.3, 0.4) is 0 Å². The third kappa shape index (κ3) is 5.17. The fourth-order valence-electron chi connectivity index (χ4n) is 3.09. The first-order valence-corrected chi connectivity index (χ1v) is 11.6. The highest BCUT2D eigenvalue weighted by molar-refractivity contribution is 7.99. The lowest BCUT2D eigenvalue weighted by molar-refractivity contribution is -0.113. The number of benzene rings is 1. The van der Waals surface area contributed by atoms with E-state index in [-0.39, 0.29) is 27.1 Å². The zero-order chi connectivity index (χ0) is 24.3. The molecule has 2 amide bonds. The molecule has 0 aliphatic carbocycles. The van der Waals surface area contributed by atoms with Crippen LogP contribution in [0, 0.1) is 6.92 Å². The molecule has 174 valence electrons. The Hall–Kier alpha value is -3.38. The molecular weight excluding hydrogens is 464 g/mol. The van der Waals surface area contributed by atoms with Crippen LogP contribution in [0.2, 0.25) is 0 Å². The standard InChI is InChI=1S/C21H24N6O4S2/c1-11-15(20(30)31-5)19(33-16(11)17(22)29)23-14(28)10-32-21-25-24-18(27(21)4)12-7-6-8-13(9-12)26(2)3/h6-9H,10H2,1-5H3,(H2,22,29)(H,23,28). The molecule has 3 N–H and O–H groups in total. The second kappa shape index (κ2) is 10.0. The summed E-state index contributed by atoms with van der Waals surface area (Å²) in [6.07, 6.45) is 0. The van der Waals surface area contributed by atoms with Gasteiger partial charge in [-0.2, -0.15) is 0 Å². The molecule has 0 fully saturated rings. The molecule has 0 aliphatic heterocycles. The van der Waals surface area contributed by atoms with Crippen molar-refractivity contribution >= 4 is 51.6 Å². The van der Waals surface area contributed by atoms with Crippen molar-refractivity contribution < 1.29 is 19.1 Å². The average Bonchev–Trinajstić information content (AvgIpc) is 3.31. The van der Waals surface area contributed by atoms with E-state index in [9.17, 15) is 14.4 Å². The Labute approximate surface area is 199 Å². The van der Waals surface area contributed by atoms with E-state index in [2.05, 4.69) is 15.5 Å². The highest BCUT2D eigenvalue weighted by Crippen LogP contribution is 2.34. The van der Waals surface area contributed by atoms with Crippen molar-refractivity contribution in [3.8, 4) is 11.4 Å². The normalized spacial score (nSPS) is 10.7. The maximum Gasteiger partial charge on any atom is 0.341 e. The van der Waals surface area contributed by atoms with E-state index in [4.69, 9.17) is 10.5 Å². The van der Waals surface area contributed by atoms with Gasteiger partial charge >= 0.3 is 5.97 Å². The summed E-state index contributed by atoms with van der Waals surface area (Å²) in [6.45, 7) is 1.58. The summed E-state index contributed by atoms with van der Waals surface area (Å²) in [7, 11) is 6.98. The number of nitrogens with two attached hydrogens (primary N) is 1. The number of thioether (sulfide) groups is 1. The third-order valence-electron chi connectivity index (χ3n) is 4.80. The summed E-state index contributed by atoms with van der Waals surface area (Å²) in [6, 6.07) is 7.90. The SMILES string of the molecule is COC(=O)c1c(NC(=O)CSc2nnc(-c3cccc(N(C)C)c3)n2C)sc(C(N)=O)c1C. The molecule has 0 radical (unpaired) electrons. The number of thiophene rings is 1. The lowest BCUT2D eigenvalue weighted by atomic mass is 10.1. The summed E-state index contributed by atoms with van der Waals surface area (Å²) in [5, 5.41) is 11.9. The van der Waals surface area contributed by atoms with E-state index in [0.29, 0.717) is 16.5 Å². The fraction of sp³-hybridized carbons (Fsp3) is 0.286. The third-order valence-corrected chi connectivity index (χ3v) is 7.04. The first-order valence-electron chi connectivity index (χ1n) is 9.75. The lowest BCUT2D eigenvalue weighted by Gasteiger charge is -2.13. The van der Waals surface area contributed by atoms with Gasteiger partial charge in [-0.25, -0.2) is 4.79 Å². The van der Waals surface area contributed by atoms with E-state index in [1.165, 1.54) is 18.9 Å². The Morgan fingerprint density at radius 1 is 1.27 bits per heavy atom. The topological polar surface area (TPSA) is 132 Å². The van der Waals surface area contributed by atoms with E-state index in [1.54, 1.807) is 6.92 Å².